The van der Waals surface area contributed by atoms with Gasteiger partial charge in [0.25, 0.3) is 10.0 Å². The predicted octanol–water partition coefficient (Wildman–Crippen LogP) is 1.80. The zero-order chi connectivity index (χ0) is 14.2. The van der Waals surface area contributed by atoms with E-state index in [1.807, 2.05) is 0 Å². The number of carboxylic acid groups (broad SMARTS) is 1. The number of hydrogen-bond acceptors (Lipinski definition) is 4. The summed E-state index contributed by atoms with van der Waals surface area (Å²) in [5.41, 5.74) is 1.49. The largest absolute Gasteiger partial charge is 0.477 e. The molecule has 102 valence electrons. The highest BCUT2D eigenvalue weighted by atomic mass is 32.2. The molecule has 2 rings (SSSR count). The zero-order valence-electron chi connectivity index (χ0n) is 10.2. The molecule has 0 unspecified atom stereocenters. The van der Waals surface area contributed by atoms with Crippen molar-refractivity contribution in [1.29, 1.82) is 0 Å². The van der Waals surface area contributed by atoms with Crippen LogP contribution in [0.25, 0.3) is 0 Å². The van der Waals surface area contributed by atoms with E-state index in [0.29, 0.717) is 0 Å². The monoisotopic (exact) mass is 300 g/mol. The maximum atomic E-state index is 12.1. The Kier molecular flexibility index (Phi) is 3.38. The van der Waals surface area contributed by atoms with Gasteiger partial charge in [0.1, 0.15) is 9.09 Å². The lowest BCUT2D eigenvalue weighted by atomic mass is 10.5. The first-order valence-electron chi connectivity index (χ1n) is 5.32. The first-order chi connectivity index (χ1) is 8.81. The van der Waals surface area contributed by atoms with Crippen molar-refractivity contribution in [1.82, 2.24) is 4.68 Å². The Morgan fingerprint density at radius 2 is 1.79 bits per heavy atom. The number of rotatable bonds is 4. The molecule has 0 saturated carbocycles. The number of sulfonamides is 1. The van der Waals surface area contributed by atoms with Crippen molar-refractivity contribution in [2.24, 2.45) is 0 Å². The third kappa shape index (κ3) is 2.64. The summed E-state index contributed by atoms with van der Waals surface area (Å²) >= 11 is 0.718. The molecule has 2 aromatic heterocycles. The average molecular weight is 300 g/mol. The van der Waals surface area contributed by atoms with Gasteiger partial charge < -0.3 is 5.11 Å². The third-order valence-electron chi connectivity index (χ3n) is 2.54. The van der Waals surface area contributed by atoms with Gasteiger partial charge in [-0.2, -0.15) is 8.42 Å². The fourth-order valence-electron chi connectivity index (χ4n) is 1.56. The summed E-state index contributed by atoms with van der Waals surface area (Å²) in [5.74, 6) is -1.14. The lowest BCUT2D eigenvalue weighted by Crippen LogP contribution is -2.24. The highest BCUT2D eigenvalue weighted by Gasteiger charge is 2.20. The van der Waals surface area contributed by atoms with E-state index >= 15 is 0 Å². The van der Waals surface area contributed by atoms with Crippen LogP contribution in [0.4, 0.5) is 0 Å². The van der Waals surface area contributed by atoms with Gasteiger partial charge in [-0.1, -0.05) is 0 Å². The molecular weight excluding hydrogens is 288 g/mol. The Labute approximate surface area is 114 Å². The number of thiophene rings is 1. The maximum absolute atomic E-state index is 12.1. The van der Waals surface area contributed by atoms with Crippen LogP contribution in [0.2, 0.25) is 0 Å². The first kappa shape index (κ1) is 13.6. The van der Waals surface area contributed by atoms with Crippen LogP contribution < -0.4 is 4.83 Å². The second-order valence-electron chi connectivity index (χ2n) is 3.97. The van der Waals surface area contributed by atoms with Crippen molar-refractivity contribution in [3.8, 4) is 0 Å². The van der Waals surface area contributed by atoms with Crippen LogP contribution in [0.1, 0.15) is 21.1 Å². The third-order valence-corrected chi connectivity index (χ3v) is 5.40. The van der Waals surface area contributed by atoms with Crippen molar-refractivity contribution in [2.45, 2.75) is 18.1 Å². The topological polar surface area (TPSA) is 88.4 Å². The van der Waals surface area contributed by atoms with E-state index in [-0.39, 0.29) is 9.09 Å². The fraction of sp³-hybridized carbons (Fsp3) is 0.182. The molecule has 0 bridgehead atoms. The molecular formula is C11H12N2O4S2. The van der Waals surface area contributed by atoms with Crippen molar-refractivity contribution >= 4 is 27.3 Å². The molecule has 0 aliphatic rings. The Bertz CT molecular complexity index is 708. The maximum Gasteiger partial charge on any atom is 0.345 e. The highest BCUT2D eigenvalue weighted by Crippen LogP contribution is 2.22. The second-order valence-corrected chi connectivity index (χ2v) is 6.94. The summed E-state index contributed by atoms with van der Waals surface area (Å²) in [7, 11) is -3.77. The van der Waals surface area contributed by atoms with Gasteiger partial charge in [0.15, 0.2) is 0 Å². The van der Waals surface area contributed by atoms with Crippen molar-refractivity contribution < 1.29 is 18.3 Å². The Morgan fingerprint density at radius 1 is 1.21 bits per heavy atom. The minimum Gasteiger partial charge on any atom is -0.477 e. The summed E-state index contributed by atoms with van der Waals surface area (Å²) in [6, 6.07) is 6.13. The van der Waals surface area contributed by atoms with Gasteiger partial charge in [-0.15, -0.1) is 11.3 Å². The summed E-state index contributed by atoms with van der Waals surface area (Å²) in [5, 5.41) is 8.80. The molecule has 0 fully saturated rings. The van der Waals surface area contributed by atoms with Crippen molar-refractivity contribution in [3.63, 3.8) is 0 Å². The number of hydrogen-bond donors (Lipinski definition) is 2. The van der Waals surface area contributed by atoms with Crippen LogP contribution in [0.15, 0.2) is 28.5 Å². The summed E-state index contributed by atoms with van der Waals surface area (Å²) in [4.78, 5) is 13.2. The molecule has 0 aliphatic heterocycles. The predicted molar refractivity (Wildman–Crippen MR) is 71.7 cm³/mol. The van der Waals surface area contributed by atoms with E-state index in [1.54, 1.807) is 26.0 Å². The molecule has 2 N–H and O–H groups in total. The fourth-order valence-corrected chi connectivity index (χ4v) is 3.82. The van der Waals surface area contributed by atoms with E-state index in [2.05, 4.69) is 4.83 Å². The average Bonchev–Trinajstić information content (AvgIpc) is 2.92. The van der Waals surface area contributed by atoms with Crippen LogP contribution in [0.5, 0.6) is 0 Å². The molecule has 8 heteroatoms. The van der Waals surface area contributed by atoms with E-state index in [1.165, 1.54) is 16.8 Å². The zero-order valence-corrected chi connectivity index (χ0v) is 11.9. The normalized spacial score (nSPS) is 11.5. The molecule has 0 atom stereocenters. The van der Waals surface area contributed by atoms with Crippen LogP contribution in [0, 0.1) is 13.8 Å². The Hall–Kier alpha value is -1.80. The SMILES string of the molecule is Cc1ccc(C)n1NS(=O)(=O)c1ccc(C(=O)O)s1. The number of aromatic carboxylic acids is 1. The molecule has 0 aromatic carbocycles. The van der Waals surface area contributed by atoms with E-state index in [4.69, 9.17) is 5.11 Å². The standard InChI is InChI=1S/C11H12N2O4S2/c1-7-3-4-8(2)13(7)12-19(16,17)10-6-5-9(18-10)11(14)15/h3-6,12H,1-2H3,(H,14,15). The molecule has 0 saturated heterocycles. The Morgan fingerprint density at radius 3 is 2.26 bits per heavy atom. The second kappa shape index (κ2) is 4.71. The molecule has 6 nitrogen and oxygen atoms in total. The summed E-state index contributed by atoms with van der Waals surface area (Å²) in [6.45, 7) is 3.54. The van der Waals surface area contributed by atoms with E-state index in [0.717, 1.165) is 22.7 Å². The van der Waals surface area contributed by atoms with Crippen molar-refractivity contribution in [3.05, 3.63) is 40.5 Å². The van der Waals surface area contributed by atoms with Gasteiger partial charge in [-0.3, -0.25) is 4.68 Å². The van der Waals surface area contributed by atoms with E-state index < -0.39 is 16.0 Å². The van der Waals surface area contributed by atoms with Gasteiger partial charge in [0.05, 0.1) is 0 Å². The lowest BCUT2D eigenvalue weighted by molar-refractivity contribution is 0.0702. The minimum atomic E-state index is -3.77. The van der Waals surface area contributed by atoms with Crippen LogP contribution >= 0.6 is 11.3 Å². The van der Waals surface area contributed by atoms with Crippen molar-refractivity contribution in [2.75, 3.05) is 4.83 Å². The van der Waals surface area contributed by atoms with Gasteiger partial charge in [-0.05, 0) is 38.1 Å². The number of aromatic nitrogens is 1. The molecule has 2 heterocycles. The summed E-state index contributed by atoms with van der Waals surface area (Å²) in [6.07, 6.45) is 0. The minimum absolute atomic E-state index is 0.0127. The Balaban J connectivity index is 2.35. The molecule has 19 heavy (non-hydrogen) atoms. The number of aryl methyl sites for hydroxylation is 2. The molecule has 0 amide bonds. The number of carboxylic acids is 1. The summed E-state index contributed by atoms with van der Waals surface area (Å²) < 4.78 is 25.7. The van der Waals surface area contributed by atoms with Gasteiger partial charge in [0.2, 0.25) is 0 Å². The van der Waals surface area contributed by atoms with Crippen LogP contribution in [-0.4, -0.2) is 24.2 Å². The van der Waals surface area contributed by atoms with Gasteiger partial charge in [-0.25, -0.2) is 9.63 Å². The molecule has 0 radical (unpaired) electrons. The van der Waals surface area contributed by atoms with Gasteiger partial charge in [0, 0.05) is 11.4 Å². The van der Waals surface area contributed by atoms with E-state index in [9.17, 15) is 13.2 Å². The molecule has 2 aromatic rings. The van der Waals surface area contributed by atoms with Crippen LogP contribution in [-0.2, 0) is 10.0 Å². The molecule has 0 spiro atoms. The number of carbonyl (C=O) groups is 1. The quantitative estimate of drug-likeness (QED) is 0.901. The molecule has 0 aliphatic carbocycles. The number of nitrogens with one attached hydrogen (secondary N) is 1. The first-order valence-corrected chi connectivity index (χ1v) is 7.62. The lowest BCUT2D eigenvalue weighted by Gasteiger charge is -2.11. The van der Waals surface area contributed by atoms with Gasteiger partial charge >= 0.3 is 5.97 Å². The highest BCUT2D eigenvalue weighted by molar-refractivity contribution is 7.94. The van der Waals surface area contributed by atoms with Crippen LogP contribution in [0.3, 0.4) is 0 Å². The number of nitrogens with zero attached hydrogens (tertiary/aromatic N) is 1. The smallest absolute Gasteiger partial charge is 0.345 e.